The highest BCUT2D eigenvalue weighted by Crippen LogP contribution is 2.23. The number of carbonyl (C=O) groups is 3. The van der Waals surface area contributed by atoms with E-state index in [1.807, 2.05) is 0 Å². The highest BCUT2D eigenvalue weighted by molar-refractivity contribution is 9.09. The summed E-state index contributed by atoms with van der Waals surface area (Å²) in [5.41, 5.74) is 0.759. The first-order valence-electron chi connectivity index (χ1n) is 5.27. The van der Waals surface area contributed by atoms with Crippen molar-refractivity contribution >= 4 is 33.7 Å². The van der Waals surface area contributed by atoms with Gasteiger partial charge in [0.15, 0.2) is 5.01 Å². The lowest BCUT2D eigenvalue weighted by Crippen LogP contribution is -2.36. The largest absolute Gasteiger partial charge is 0.449 e. The molecule has 1 aromatic rings. The highest BCUT2D eigenvalue weighted by atomic mass is 79.9. The summed E-state index contributed by atoms with van der Waals surface area (Å²) in [7, 11) is 0. The van der Waals surface area contributed by atoms with Crippen molar-refractivity contribution in [1.29, 1.82) is 0 Å². The maximum absolute atomic E-state index is 12.0. The first-order chi connectivity index (χ1) is 8.50. The zero-order valence-electron chi connectivity index (χ0n) is 9.55. The van der Waals surface area contributed by atoms with Crippen molar-refractivity contribution < 1.29 is 19.1 Å². The second-order valence-electron chi connectivity index (χ2n) is 3.79. The quantitative estimate of drug-likeness (QED) is 0.483. The predicted molar refractivity (Wildman–Crippen MR) is 66.3 cm³/mol. The minimum Gasteiger partial charge on any atom is -0.449 e. The topological polar surface area (TPSA) is 63.7 Å². The number of imide groups is 1. The highest BCUT2D eigenvalue weighted by Gasteiger charge is 2.36. The van der Waals surface area contributed by atoms with Crippen molar-refractivity contribution in [3.63, 3.8) is 0 Å². The molecule has 1 atom stereocenters. The van der Waals surface area contributed by atoms with E-state index in [9.17, 15) is 14.4 Å². The average Bonchev–Trinajstić information content (AvgIpc) is 2.54. The van der Waals surface area contributed by atoms with Crippen LogP contribution in [-0.4, -0.2) is 34.2 Å². The van der Waals surface area contributed by atoms with Crippen LogP contribution in [-0.2, 0) is 9.53 Å². The van der Waals surface area contributed by atoms with Gasteiger partial charge in [-0.3, -0.25) is 19.3 Å². The molecule has 18 heavy (non-hydrogen) atoms. The number of hydrogen-bond donors (Lipinski definition) is 0. The van der Waals surface area contributed by atoms with E-state index in [0.717, 1.165) is 4.90 Å². The number of nitrogens with zero attached hydrogens (tertiary/aromatic N) is 1. The Balaban J connectivity index is 2.16. The summed E-state index contributed by atoms with van der Waals surface area (Å²) < 4.78 is 4.84. The molecule has 1 heterocycles. The molecule has 1 aliphatic heterocycles. The van der Waals surface area contributed by atoms with Crippen LogP contribution in [0.1, 0.15) is 27.6 Å². The summed E-state index contributed by atoms with van der Waals surface area (Å²) in [5, 5.41) is -0.697. The van der Waals surface area contributed by atoms with Crippen molar-refractivity contribution in [1.82, 2.24) is 4.90 Å². The van der Waals surface area contributed by atoms with Crippen LogP contribution in [0.4, 0.5) is 0 Å². The number of carbonyl (C=O) groups excluding carboxylic acids is 3. The third-order valence-corrected chi connectivity index (χ3v) is 2.97. The van der Waals surface area contributed by atoms with E-state index in [1.165, 1.54) is 6.92 Å². The summed E-state index contributed by atoms with van der Waals surface area (Å²) in [4.78, 5) is 35.8. The second kappa shape index (κ2) is 4.89. The normalized spacial score (nSPS) is 15.6. The Morgan fingerprint density at radius 2 is 1.78 bits per heavy atom. The molecule has 0 aromatic heterocycles. The molecule has 0 bridgehead atoms. The van der Waals surface area contributed by atoms with Gasteiger partial charge in [0.25, 0.3) is 11.8 Å². The number of ether oxygens (including phenoxy) is 1. The first kappa shape index (κ1) is 12.8. The van der Waals surface area contributed by atoms with Crippen LogP contribution in [0, 0.1) is 0 Å². The lowest BCUT2D eigenvalue weighted by atomic mass is 10.1. The number of rotatable bonds is 3. The lowest BCUT2D eigenvalue weighted by Gasteiger charge is -2.17. The van der Waals surface area contributed by atoms with Gasteiger partial charge in [-0.15, -0.1) is 0 Å². The van der Waals surface area contributed by atoms with Crippen LogP contribution in [0.25, 0.3) is 0 Å². The fourth-order valence-corrected chi connectivity index (χ4v) is 2.32. The molecule has 2 rings (SSSR count). The molecule has 2 amide bonds. The molecule has 1 unspecified atom stereocenters. The SMILES string of the molecule is CC(=O)OC(Br)CN1C(=O)c2ccccc2C1=O. The number of esters is 1. The third kappa shape index (κ3) is 2.28. The fraction of sp³-hybridized carbons (Fsp3) is 0.250. The molecule has 0 radical (unpaired) electrons. The summed E-state index contributed by atoms with van der Waals surface area (Å²) in [6.45, 7) is 1.25. The zero-order chi connectivity index (χ0) is 13.3. The van der Waals surface area contributed by atoms with Gasteiger partial charge in [-0.05, 0) is 28.1 Å². The first-order valence-corrected chi connectivity index (χ1v) is 6.19. The molecule has 94 valence electrons. The van der Waals surface area contributed by atoms with E-state index in [4.69, 9.17) is 4.74 Å². The molecule has 0 fully saturated rings. The Hall–Kier alpha value is -1.69. The second-order valence-corrected chi connectivity index (χ2v) is 4.81. The maximum Gasteiger partial charge on any atom is 0.303 e. The Kier molecular flexibility index (Phi) is 3.47. The molecule has 0 N–H and O–H groups in total. The average molecular weight is 312 g/mol. The Morgan fingerprint density at radius 1 is 1.28 bits per heavy atom. The van der Waals surface area contributed by atoms with Crippen molar-refractivity contribution in [2.75, 3.05) is 6.54 Å². The van der Waals surface area contributed by atoms with Gasteiger partial charge in [0, 0.05) is 6.92 Å². The maximum atomic E-state index is 12.0. The Bertz CT molecular complexity index is 494. The molecule has 0 spiro atoms. The molecule has 6 heteroatoms. The van der Waals surface area contributed by atoms with Gasteiger partial charge in [0.2, 0.25) is 0 Å². The van der Waals surface area contributed by atoms with E-state index < -0.39 is 11.0 Å². The van der Waals surface area contributed by atoms with Gasteiger partial charge in [0.05, 0.1) is 17.7 Å². The number of alkyl halides is 1. The molecular formula is C12H10BrNO4. The van der Waals surface area contributed by atoms with Gasteiger partial charge < -0.3 is 4.74 Å². The van der Waals surface area contributed by atoms with Gasteiger partial charge in [-0.2, -0.15) is 0 Å². The minimum atomic E-state index is -0.697. The van der Waals surface area contributed by atoms with E-state index in [-0.39, 0.29) is 18.4 Å². The lowest BCUT2D eigenvalue weighted by molar-refractivity contribution is -0.142. The zero-order valence-corrected chi connectivity index (χ0v) is 11.1. The van der Waals surface area contributed by atoms with Crippen LogP contribution in [0.15, 0.2) is 24.3 Å². The Labute approximate surface area is 112 Å². The van der Waals surface area contributed by atoms with Gasteiger partial charge in [-0.25, -0.2) is 0 Å². The Morgan fingerprint density at radius 3 is 2.22 bits per heavy atom. The minimum absolute atomic E-state index is 0.00801. The van der Waals surface area contributed by atoms with E-state index in [2.05, 4.69) is 15.9 Å². The molecule has 1 aromatic carbocycles. The van der Waals surface area contributed by atoms with Gasteiger partial charge in [0.1, 0.15) is 0 Å². The van der Waals surface area contributed by atoms with Crippen molar-refractivity contribution in [2.24, 2.45) is 0 Å². The number of amides is 2. The van der Waals surface area contributed by atoms with Crippen LogP contribution in [0.5, 0.6) is 0 Å². The molecule has 0 aliphatic carbocycles. The van der Waals surface area contributed by atoms with Gasteiger partial charge >= 0.3 is 5.97 Å². The molecule has 0 saturated carbocycles. The van der Waals surface area contributed by atoms with Crippen LogP contribution in [0.2, 0.25) is 0 Å². The standard InChI is InChI=1S/C12H10BrNO4/c1-7(15)18-10(13)6-14-11(16)8-4-2-3-5-9(8)12(14)17/h2-5,10H,6H2,1H3. The summed E-state index contributed by atoms with van der Waals surface area (Å²) >= 11 is 3.10. The van der Waals surface area contributed by atoms with E-state index >= 15 is 0 Å². The molecular weight excluding hydrogens is 302 g/mol. The van der Waals surface area contributed by atoms with Crippen molar-refractivity contribution in [2.45, 2.75) is 11.9 Å². The fourth-order valence-electron chi connectivity index (χ4n) is 1.77. The van der Waals surface area contributed by atoms with Crippen molar-refractivity contribution in [3.05, 3.63) is 35.4 Å². The third-order valence-electron chi connectivity index (χ3n) is 2.50. The number of fused-ring (bicyclic) bond motifs is 1. The predicted octanol–water partition coefficient (Wildman–Crippen LogP) is 1.57. The van der Waals surface area contributed by atoms with Gasteiger partial charge in [-0.1, -0.05) is 12.1 Å². The number of benzene rings is 1. The number of hydrogen-bond acceptors (Lipinski definition) is 4. The van der Waals surface area contributed by atoms with Crippen LogP contribution >= 0.6 is 15.9 Å². The molecule has 0 saturated heterocycles. The monoisotopic (exact) mass is 311 g/mol. The van der Waals surface area contributed by atoms with Crippen LogP contribution in [0.3, 0.4) is 0 Å². The molecule has 1 aliphatic rings. The summed E-state index contributed by atoms with van der Waals surface area (Å²) in [5.74, 6) is -1.21. The summed E-state index contributed by atoms with van der Waals surface area (Å²) in [6, 6.07) is 6.60. The summed E-state index contributed by atoms with van der Waals surface area (Å²) in [6.07, 6.45) is 0. The van der Waals surface area contributed by atoms with Crippen LogP contribution < -0.4 is 0 Å². The van der Waals surface area contributed by atoms with Crippen molar-refractivity contribution in [3.8, 4) is 0 Å². The van der Waals surface area contributed by atoms with E-state index in [1.54, 1.807) is 24.3 Å². The molecule has 5 nitrogen and oxygen atoms in total. The number of halogens is 1. The smallest absolute Gasteiger partial charge is 0.303 e. The van der Waals surface area contributed by atoms with E-state index in [0.29, 0.717) is 11.1 Å².